The number of fused-ring (bicyclic) bond motifs is 1. The quantitative estimate of drug-likeness (QED) is 0.688. The maximum atomic E-state index is 12.5. The molecule has 26 heavy (non-hydrogen) atoms. The molecule has 3 aromatic rings. The molecule has 0 saturated carbocycles. The number of nitrogens with zero attached hydrogens (tertiary/aromatic N) is 2. The number of methoxy groups -OCH3 is 1. The Labute approximate surface area is 155 Å². The third kappa shape index (κ3) is 4.40. The third-order valence-electron chi connectivity index (χ3n) is 3.93. The van der Waals surface area contributed by atoms with Gasteiger partial charge in [-0.3, -0.25) is 9.36 Å². The molecule has 0 spiro atoms. The molecular formula is C19H19ClN2O4. The third-order valence-corrected chi connectivity index (χ3v) is 4.17. The Hall–Kier alpha value is -2.41. The van der Waals surface area contributed by atoms with Crippen LogP contribution in [0, 0.1) is 0 Å². The van der Waals surface area contributed by atoms with Crippen LogP contribution >= 0.6 is 11.6 Å². The summed E-state index contributed by atoms with van der Waals surface area (Å²) in [7, 11) is 1.61. The molecule has 1 unspecified atom stereocenters. The molecule has 7 heteroatoms. The van der Waals surface area contributed by atoms with Crippen molar-refractivity contribution in [2.75, 3.05) is 13.7 Å². The van der Waals surface area contributed by atoms with Gasteiger partial charge in [-0.15, -0.1) is 0 Å². The molecule has 0 aliphatic carbocycles. The summed E-state index contributed by atoms with van der Waals surface area (Å²) in [5.74, 6) is 0.775. The Bertz CT molecular complexity index is 940. The van der Waals surface area contributed by atoms with Crippen LogP contribution in [-0.2, 0) is 17.9 Å². The van der Waals surface area contributed by atoms with Crippen molar-refractivity contribution >= 4 is 22.5 Å². The van der Waals surface area contributed by atoms with E-state index in [0.717, 1.165) is 11.3 Å². The standard InChI is InChI=1S/C19H19ClN2O4/c1-25-16-5-2-13(3-6-16)10-26-11-15(23)9-22-12-21-18-7-4-14(20)8-17(18)19(22)24/h2-8,12,15,23H,9-11H2,1H3. The predicted octanol–water partition coefficient (Wildman–Crippen LogP) is 2.64. The van der Waals surface area contributed by atoms with Gasteiger partial charge in [-0.05, 0) is 35.9 Å². The molecule has 0 fully saturated rings. The highest BCUT2D eigenvalue weighted by Crippen LogP contribution is 2.14. The molecule has 0 aliphatic heterocycles. The minimum Gasteiger partial charge on any atom is -0.497 e. The van der Waals surface area contributed by atoms with Crippen LogP contribution in [0.1, 0.15) is 5.56 Å². The Morgan fingerprint density at radius 3 is 2.73 bits per heavy atom. The van der Waals surface area contributed by atoms with Gasteiger partial charge in [0.25, 0.3) is 5.56 Å². The van der Waals surface area contributed by atoms with Crippen molar-refractivity contribution in [2.45, 2.75) is 19.3 Å². The van der Waals surface area contributed by atoms with Gasteiger partial charge in [0, 0.05) is 5.02 Å². The number of aromatic nitrogens is 2. The van der Waals surface area contributed by atoms with Crippen LogP contribution in [0.4, 0.5) is 0 Å². The van der Waals surface area contributed by atoms with E-state index in [9.17, 15) is 9.90 Å². The summed E-state index contributed by atoms with van der Waals surface area (Å²) in [6, 6.07) is 12.4. The topological polar surface area (TPSA) is 73.6 Å². The highest BCUT2D eigenvalue weighted by Gasteiger charge is 2.10. The van der Waals surface area contributed by atoms with E-state index in [2.05, 4.69) is 4.98 Å². The Morgan fingerprint density at radius 1 is 1.23 bits per heavy atom. The van der Waals surface area contributed by atoms with Gasteiger partial charge in [0.05, 0.1) is 50.2 Å². The first-order chi connectivity index (χ1) is 12.6. The fourth-order valence-electron chi connectivity index (χ4n) is 2.58. The van der Waals surface area contributed by atoms with Gasteiger partial charge in [-0.1, -0.05) is 23.7 Å². The van der Waals surface area contributed by atoms with Gasteiger partial charge in [0.1, 0.15) is 5.75 Å². The second-order valence-electron chi connectivity index (χ2n) is 5.88. The SMILES string of the molecule is COc1ccc(COCC(O)Cn2cnc3ccc(Cl)cc3c2=O)cc1. The fraction of sp³-hybridized carbons (Fsp3) is 0.263. The van der Waals surface area contributed by atoms with Gasteiger partial charge in [-0.25, -0.2) is 4.98 Å². The number of halogens is 1. The number of ether oxygens (including phenoxy) is 2. The van der Waals surface area contributed by atoms with E-state index in [0.29, 0.717) is 22.5 Å². The lowest BCUT2D eigenvalue weighted by Gasteiger charge is -2.13. The zero-order valence-corrected chi connectivity index (χ0v) is 15.0. The zero-order valence-electron chi connectivity index (χ0n) is 14.3. The minimum absolute atomic E-state index is 0.0941. The molecule has 0 amide bonds. The lowest BCUT2D eigenvalue weighted by Crippen LogP contribution is -2.29. The molecule has 136 valence electrons. The van der Waals surface area contributed by atoms with Crippen LogP contribution in [0.25, 0.3) is 10.9 Å². The van der Waals surface area contributed by atoms with Gasteiger partial charge in [0.15, 0.2) is 0 Å². The number of hydrogen-bond donors (Lipinski definition) is 1. The first kappa shape index (κ1) is 18.4. The van der Waals surface area contributed by atoms with Crippen LogP contribution in [0.5, 0.6) is 5.75 Å². The molecule has 0 saturated heterocycles. The smallest absolute Gasteiger partial charge is 0.261 e. The minimum atomic E-state index is -0.829. The molecule has 2 aromatic carbocycles. The zero-order chi connectivity index (χ0) is 18.5. The number of benzene rings is 2. The Morgan fingerprint density at radius 2 is 2.00 bits per heavy atom. The lowest BCUT2D eigenvalue weighted by atomic mass is 10.2. The molecule has 0 bridgehead atoms. The van der Waals surface area contributed by atoms with Crippen LogP contribution < -0.4 is 10.3 Å². The van der Waals surface area contributed by atoms with E-state index in [1.165, 1.54) is 10.9 Å². The molecule has 1 atom stereocenters. The molecule has 0 radical (unpaired) electrons. The van der Waals surface area contributed by atoms with Gasteiger partial charge in [0.2, 0.25) is 0 Å². The van der Waals surface area contributed by atoms with Gasteiger partial charge in [-0.2, -0.15) is 0 Å². The van der Waals surface area contributed by atoms with Crippen LogP contribution in [0.2, 0.25) is 5.02 Å². The molecular weight excluding hydrogens is 356 g/mol. The monoisotopic (exact) mass is 374 g/mol. The second-order valence-corrected chi connectivity index (χ2v) is 6.32. The average molecular weight is 375 g/mol. The number of hydrogen-bond acceptors (Lipinski definition) is 5. The molecule has 1 aromatic heterocycles. The van der Waals surface area contributed by atoms with Crippen LogP contribution in [0.3, 0.4) is 0 Å². The fourth-order valence-corrected chi connectivity index (χ4v) is 2.75. The maximum absolute atomic E-state index is 12.5. The van der Waals surface area contributed by atoms with Crippen molar-refractivity contribution in [1.29, 1.82) is 0 Å². The van der Waals surface area contributed by atoms with Crippen LogP contribution in [0.15, 0.2) is 53.6 Å². The van der Waals surface area contributed by atoms with Gasteiger partial charge >= 0.3 is 0 Å². The summed E-state index contributed by atoms with van der Waals surface area (Å²) in [4.78, 5) is 16.7. The summed E-state index contributed by atoms with van der Waals surface area (Å²) in [6.07, 6.45) is 0.593. The summed E-state index contributed by atoms with van der Waals surface area (Å²) in [5, 5.41) is 11.0. The molecule has 6 nitrogen and oxygen atoms in total. The average Bonchev–Trinajstić information content (AvgIpc) is 2.65. The van der Waals surface area contributed by atoms with Gasteiger partial charge < -0.3 is 14.6 Å². The lowest BCUT2D eigenvalue weighted by molar-refractivity contribution is 0.0198. The number of aliphatic hydroxyl groups excluding tert-OH is 1. The van der Waals surface area contributed by atoms with E-state index in [4.69, 9.17) is 21.1 Å². The second kappa shape index (κ2) is 8.31. The predicted molar refractivity (Wildman–Crippen MR) is 99.7 cm³/mol. The van der Waals surface area contributed by atoms with Crippen molar-refractivity contribution in [1.82, 2.24) is 9.55 Å². The Balaban J connectivity index is 1.59. The molecule has 1 heterocycles. The molecule has 0 aliphatic rings. The van der Waals surface area contributed by atoms with E-state index in [-0.39, 0.29) is 18.7 Å². The first-order valence-electron chi connectivity index (χ1n) is 8.10. The number of rotatable bonds is 7. The number of aliphatic hydroxyl groups is 1. The summed E-state index contributed by atoms with van der Waals surface area (Å²) in [5.41, 5.74) is 1.30. The van der Waals surface area contributed by atoms with Crippen molar-refractivity contribution < 1.29 is 14.6 Å². The van der Waals surface area contributed by atoms with E-state index in [1.54, 1.807) is 25.3 Å². The first-order valence-corrected chi connectivity index (χ1v) is 8.48. The van der Waals surface area contributed by atoms with Crippen molar-refractivity contribution in [2.24, 2.45) is 0 Å². The maximum Gasteiger partial charge on any atom is 0.261 e. The van der Waals surface area contributed by atoms with Crippen molar-refractivity contribution in [3.05, 3.63) is 69.7 Å². The summed E-state index contributed by atoms with van der Waals surface area (Å²) >= 11 is 5.94. The van der Waals surface area contributed by atoms with E-state index in [1.807, 2.05) is 24.3 Å². The summed E-state index contributed by atoms with van der Waals surface area (Å²) < 4.78 is 12.0. The van der Waals surface area contributed by atoms with Crippen LogP contribution in [-0.4, -0.2) is 34.5 Å². The van der Waals surface area contributed by atoms with E-state index >= 15 is 0 Å². The highest BCUT2D eigenvalue weighted by atomic mass is 35.5. The summed E-state index contributed by atoms with van der Waals surface area (Å²) in [6.45, 7) is 0.560. The molecule has 1 N–H and O–H groups in total. The van der Waals surface area contributed by atoms with Crippen molar-refractivity contribution in [3.63, 3.8) is 0 Å². The highest BCUT2D eigenvalue weighted by molar-refractivity contribution is 6.31. The van der Waals surface area contributed by atoms with Crippen molar-refractivity contribution in [3.8, 4) is 5.75 Å². The largest absolute Gasteiger partial charge is 0.497 e. The molecule has 3 rings (SSSR count). The Kier molecular flexibility index (Phi) is 5.88. The van der Waals surface area contributed by atoms with E-state index < -0.39 is 6.10 Å². The normalized spacial score (nSPS) is 12.3.